The molecule has 0 atom stereocenters. The number of hydrogen-bond acceptors (Lipinski definition) is 2. The summed E-state index contributed by atoms with van der Waals surface area (Å²) < 4.78 is 0. The molecule has 0 saturated carbocycles. The molecule has 3 N–H and O–H groups in total. The average molecular weight is 248 g/mol. The quantitative estimate of drug-likeness (QED) is 0.801. The van der Waals surface area contributed by atoms with Crippen molar-refractivity contribution in [3.63, 3.8) is 0 Å². The molecule has 4 heteroatoms. The van der Waals surface area contributed by atoms with Crippen molar-refractivity contribution in [1.82, 2.24) is 0 Å². The Labute approximate surface area is 103 Å². The Bertz CT molecular complexity index is 567. The fourth-order valence-electron chi connectivity index (χ4n) is 1.65. The van der Waals surface area contributed by atoms with Crippen LogP contribution in [0.1, 0.15) is 10.4 Å². The summed E-state index contributed by atoms with van der Waals surface area (Å²) in [5, 5.41) is 9.38. The van der Waals surface area contributed by atoms with Gasteiger partial charge in [0, 0.05) is 10.6 Å². The molecule has 0 saturated heterocycles. The zero-order chi connectivity index (χ0) is 12.4. The highest BCUT2D eigenvalue weighted by Gasteiger charge is 2.14. The summed E-state index contributed by atoms with van der Waals surface area (Å²) in [6.07, 6.45) is 0. The minimum absolute atomic E-state index is 0.0244. The summed E-state index contributed by atoms with van der Waals surface area (Å²) in [6, 6.07) is 12.3. The summed E-state index contributed by atoms with van der Waals surface area (Å²) in [5.74, 6) is -1.08. The van der Waals surface area contributed by atoms with Gasteiger partial charge in [-0.05, 0) is 17.7 Å². The van der Waals surface area contributed by atoms with E-state index in [0.717, 1.165) is 5.56 Å². The SMILES string of the molecule is Nc1c(C(=O)O)cc(Cl)cc1-c1ccccc1. The van der Waals surface area contributed by atoms with E-state index in [-0.39, 0.29) is 11.3 Å². The molecule has 0 fully saturated rings. The topological polar surface area (TPSA) is 63.3 Å². The van der Waals surface area contributed by atoms with Crippen LogP contribution in [0, 0.1) is 0 Å². The van der Waals surface area contributed by atoms with Gasteiger partial charge in [-0.1, -0.05) is 41.9 Å². The van der Waals surface area contributed by atoms with E-state index in [9.17, 15) is 4.79 Å². The van der Waals surface area contributed by atoms with Crippen molar-refractivity contribution in [3.05, 3.63) is 53.1 Å². The number of benzene rings is 2. The molecule has 0 heterocycles. The highest BCUT2D eigenvalue weighted by Crippen LogP contribution is 2.31. The van der Waals surface area contributed by atoms with Crippen molar-refractivity contribution in [2.24, 2.45) is 0 Å². The zero-order valence-electron chi connectivity index (χ0n) is 8.85. The molecule has 2 aromatic rings. The molecule has 0 amide bonds. The maximum Gasteiger partial charge on any atom is 0.337 e. The molecule has 0 radical (unpaired) electrons. The molecule has 86 valence electrons. The first-order valence-electron chi connectivity index (χ1n) is 4.97. The fraction of sp³-hybridized carbons (Fsp3) is 0. The standard InChI is InChI=1S/C13H10ClNO2/c14-9-6-10(8-4-2-1-3-5-8)12(15)11(7-9)13(16)17/h1-7H,15H2,(H,16,17). The van der Waals surface area contributed by atoms with Gasteiger partial charge in [-0.2, -0.15) is 0 Å². The molecule has 0 aliphatic carbocycles. The van der Waals surface area contributed by atoms with Crippen LogP contribution in [-0.4, -0.2) is 11.1 Å². The van der Waals surface area contributed by atoms with E-state index < -0.39 is 5.97 Å². The van der Waals surface area contributed by atoms with E-state index in [1.165, 1.54) is 6.07 Å². The van der Waals surface area contributed by atoms with E-state index in [4.69, 9.17) is 22.4 Å². The Hall–Kier alpha value is -2.00. The third-order valence-corrected chi connectivity index (χ3v) is 2.68. The van der Waals surface area contributed by atoms with Crippen LogP contribution in [0.4, 0.5) is 5.69 Å². The molecule has 17 heavy (non-hydrogen) atoms. The molecular weight excluding hydrogens is 238 g/mol. The lowest BCUT2D eigenvalue weighted by Gasteiger charge is -2.09. The Morgan fingerprint density at radius 2 is 1.82 bits per heavy atom. The molecule has 0 aliphatic rings. The van der Waals surface area contributed by atoms with Gasteiger partial charge in [-0.25, -0.2) is 4.79 Å². The Kier molecular flexibility index (Phi) is 3.02. The lowest BCUT2D eigenvalue weighted by Crippen LogP contribution is -2.04. The van der Waals surface area contributed by atoms with Gasteiger partial charge in [0.1, 0.15) is 0 Å². The van der Waals surface area contributed by atoms with E-state index in [2.05, 4.69) is 0 Å². The molecular formula is C13H10ClNO2. The van der Waals surface area contributed by atoms with Gasteiger partial charge in [-0.3, -0.25) is 0 Å². The van der Waals surface area contributed by atoms with Crippen LogP contribution < -0.4 is 5.73 Å². The summed E-state index contributed by atoms with van der Waals surface area (Å²) in [4.78, 5) is 11.0. The average Bonchev–Trinajstić information content (AvgIpc) is 2.32. The summed E-state index contributed by atoms with van der Waals surface area (Å²) in [6.45, 7) is 0. The molecule has 0 aliphatic heterocycles. The van der Waals surface area contributed by atoms with Crippen molar-refractivity contribution in [2.75, 3.05) is 5.73 Å². The van der Waals surface area contributed by atoms with Gasteiger partial charge in [0.25, 0.3) is 0 Å². The second kappa shape index (κ2) is 4.47. The number of nitrogen functional groups attached to an aromatic ring is 1. The predicted molar refractivity (Wildman–Crippen MR) is 68.3 cm³/mol. The summed E-state index contributed by atoms with van der Waals surface area (Å²) in [7, 11) is 0. The first-order chi connectivity index (χ1) is 8.09. The normalized spacial score (nSPS) is 10.2. The van der Waals surface area contributed by atoms with Gasteiger partial charge in [0.2, 0.25) is 0 Å². The molecule has 0 bridgehead atoms. The van der Waals surface area contributed by atoms with E-state index in [0.29, 0.717) is 10.6 Å². The fourth-order valence-corrected chi connectivity index (χ4v) is 1.87. The Balaban J connectivity index is 2.67. The summed E-state index contributed by atoms with van der Waals surface area (Å²) in [5.41, 5.74) is 7.58. The van der Waals surface area contributed by atoms with Crippen LogP contribution in [0.2, 0.25) is 5.02 Å². The first-order valence-corrected chi connectivity index (χ1v) is 5.35. The first kappa shape index (κ1) is 11.5. The molecule has 3 nitrogen and oxygen atoms in total. The number of aromatic carboxylic acids is 1. The number of carboxylic acids is 1. The largest absolute Gasteiger partial charge is 0.478 e. The van der Waals surface area contributed by atoms with Crippen molar-refractivity contribution < 1.29 is 9.90 Å². The van der Waals surface area contributed by atoms with Gasteiger partial charge < -0.3 is 10.8 Å². The van der Waals surface area contributed by atoms with Gasteiger partial charge in [-0.15, -0.1) is 0 Å². The highest BCUT2D eigenvalue weighted by atomic mass is 35.5. The number of nitrogens with two attached hydrogens (primary N) is 1. The van der Waals surface area contributed by atoms with Gasteiger partial charge >= 0.3 is 5.97 Å². The molecule has 0 unspecified atom stereocenters. The maximum absolute atomic E-state index is 11.0. The van der Waals surface area contributed by atoms with Crippen LogP contribution in [0.15, 0.2) is 42.5 Å². The smallest absolute Gasteiger partial charge is 0.337 e. The van der Waals surface area contributed by atoms with Crippen LogP contribution in [-0.2, 0) is 0 Å². The number of rotatable bonds is 2. The maximum atomic E-state index is 11.0. The minimum Gasteiger partial charge on any atom is -0.478 e. The second-order valence-electron chi connectivity index (χ2n) is 3.59. The van der Waals surface area contributed by atoms with Crippen LogP contribution in [0.25, 0.3) is 11.1 Å². The lowest BCUT2D eigenvalue weighted by atomic mass is 10.0. The Morgan fingerprint density at radius 1 is 1.18 bits per heavy atom. The number of carbonyl (C=O) groups is 1. The van der Waals surface area contributed by atoms with Crippen molar-refractivity contribution >= 4 is 23.3 Å². The third kappa shape index (κ3) is 2.24. The number of halogens is 1. The number of anilines is 1. The minimum atomic E-state index is -1.08. The summed E-state index contributed by atoms with van der Waals surface area (Å²) >= 11 is 5.90. The van der Waals surface area contributed by atoms with Crippen LogP contribution in [0.5, 0.6) is 0 Å². The zero-order valence-corrected chi connectivity index (χ0v) is 9.61. The van der Waals surface area contributed by atoms with E-state index in [1.807, 2.05) is 30.3 Å². The van der Waals surface area contributed by atoms with E-state index in [1.54, 1.807) is 6.07 Å². The van der Waals surface area contributed by atoms with Crippen molar-refractivity contribution in [3.8, 4) is 11.1 Å². The molecule has 2 aromatic carbocycles. The lowest BCUT2D eigenvalue weighted by molar-refractivity contribution is 0.0698. The van der Waals surface area contributed by atoms with Gasteiger partial charge in [0.15, 0.2) is 0 Å². The van der Waals surface area contributed by atoms with E-state index >= 15 is 0 Å². The predicted octanol–water partition coefficient (Wildman–Crippen LogP) is 3.29. The monoisotopic (exact) mass is 247 g/mol. The van der Waals surface area contributed by atoms with Crippen LogP contribution in [0.3, 0.4) is 0 Å². The van der Waals surface area contributed by atoms with Gasteiger partial charge in [0.05, 0.1) is 11.3 Å². The van der Waals surface area contributed by atoms with Crippen LogP contribution >= 0.6 is 11.6 Å². The molecule has 0 spiro atoms. The highest BCUT2D eigenvalue weighted by molar-refractivity contribution is 6.31. The Morgan fingerprint density at radius 3 is 2.41 bits per heavy atom. The molecule has 2 rings (SSSR count). The second-order valence-corrected chi connectivity index (χ2v) is 4.02. The van der Waals surface area contributed by atoms with Crippen molar-refractivity contribution in [2.45, 2.75) is 0 Å². The third-order valence-electron chi connectivity index (χ3n) is 2.46. The number of hydrogen-bond donors (Lipinski definition) is 2. The molecule has 0 aromatic heterocycles. The number of carboxylic acid groups (broad SMARTS) is 1. The van der Waals surface area contributed by atoms with Crippen molar-refractivity contribution in [1.29, 1.82) is 0 Å².